The Hall–Kier alpha value is -3.28. The first-order chi connectivity index (χ1) is 13.5. The Morgan fingerprint density at radius 2 is 1.86 bits per heavy atom. The molecule has 0 bridgehead atoms. The molecule has 3 rings (SSSR count). The van der Waals surface area contributed by atoms with Crippen LogP contribution in [0, 0.1) is 11.7 Å². The molecule has 0 fully saturated rings. The summed E-state index contributed by atoms with van der Waals surface area (Å²) in [5, 5.41) is 14.3. The van der Waals surface area contributed by atoms with Crippen molar-refractivity contribution >= 4 is 17.4 Å². The van der Waals surface area contributed by atoms with Gasteiger partial charge in [-0.05, 0) is 54.8 Å². The molecule has 2 N–H and O–H groups in total. The zero-order valence-electron chi connectivity index (χ0n) is 15.9. The van der Waals surface area contributed by atoms with Crippen LogP contribution in [0.1, 0.15) is 30.6 Å². The highest BCUT2D eigenvalue weighted by Crippen LogP contribution is 2.20. The summed E-state index contributed by atoms with van der Waals surface area (Å²) < 4.78 is 13.3. The molecule has 6 heteroatoms. The average molecular weight is 378 g/mol. The largest absolute Gasteiger partial charge is 0.352 e. The summed E-state index contributed by atoms with van der Waals surface area (Å²) in [7, 11) is 0. The number of nitrogens with zero attached hydrogens (tertiary/aromatic N) is 2. The zero-order valence-corrected chi connectivity index (χ0v) is 15.9. The first kappa shape index (κ1) is 19.5. The topological polar surface area (TPSA) is 66.9 Å². The van der Waals surface area contributed by atoms with Gasteiger partial charge in [0.1, 0.15) is 5.82 Å². The van der Waals surface area contributed by atoms with Crippen molar-refractivity contribution in [2.24, 2.45) is 5.92 Å². The molecule has 0 aliphatic heterocycles. The van der Waals surface area contributed by atoms with E-state index >= 15 is 0 Å². The third-order valence-corrected chi connectivity index (χ3v) is 4.19. The number of hydrogen-bond donors (Lipinski definition) is 2. The number of rotatable bonds is 7. The summed E-state index contributed by atoms with van der Waals surface area (Å²) in [6.07, 6.45) is 0.941. The highest BCUT2D eigenvalue weighted by molar-refractivity contribution is 5.95. The maximum Gasteiger partial charge on any atom is 0.251 e. The number of anilines is 2. The van der Waals surface area contributed by atoms with E-state index in [1.54, 1.807) is 36.4 Å². The number of hydrogen-bond acceptors (Lipinski definition) is 4. The maximum absolute atomic E-state index is 13.3. The molecule has 0 aliphatic rings. The lowest BCUT2D eigenvalue weighted by Gasteiger charge is -2.09. The fraction of sp³-hybridized carbons (Fsp3) is 0.227. The van der Waals surface area contributed by atoms with Gasteiger partial charge in [0.25, 0.3) is 5.91 Å². The predicted octanol–water partition coefficient (Wildman–Crippen LogP) is 4.80. The Kier molecular flexibility index (Phi) is 6.32. The third-order valence-electron chi connectivity index (χ3n) is 4.19. The Morgan fingerprint density at radius 1 is 1.04 bits per heavy atom. The molecule has 3 aromatic rings. The number of carbonyl (C=O) groups is 1. The molecule has 0 spiro atoms. The number of amides is 1. The molecule has 1 amide bonds. The summed E-state index contributed by atoms with van der Waals surface area (Å²) in [5.74, 6) is 0.668. The normalized spacial score (nSPS) is 10.7. The second-order valence-electron chi connectivity index (χ2n) is 6.96. The number of nitrogens with one attached hydrogen (secondary N) is 2. The number of halogens is 1. The van der Waals surface area contributed by atoms with Gasteiger partial charge in [-0.1, -0.05) is 32.0 Å². The quantitative estimate of drug-likeness (QED) is 0.620. The van der Waals surface area contributed by atoms with Crippen LogP contribution in [0.3, 0.4) is 0 Å². The first-order valence-corrected chi connectivity index (χ1v) is 9.26. The Bertz CT molecular complexity index is 941. The van der Waals surface area contributed by atoms with Crippen LogP contribution in [0.5, 0.6) is 0 Å². The molecule has 0 aliphatic carbocycles. The molecule has 0 unspecified atom stereocenters. The fourth-order valence-electron chi connectivity index (χ4n) is 2.66. The number of carbonyl (C=O) groups excluding carboxylic acids is 1. The highest BCUT2D eigenvalue weighted by atomic mass is 19.1. The van der Waals surface area contributed by atoms with E-state index in [1.807, 2.05) is 12.1 Å². The molecule has 1 aromatic heterocycles. The summed E-state index contributed by atoms with van der Waals surface area (Å²) in [6.45, 7) is 4.90. The summed E-state index contributed by atoms with van der Waals surface area (Å²) >= 11 is 0. The second-order valence-corrected chi connectivity index (χ2v) is 6.96. The fourth-order valence-corrected chi connectivity index (χ4v) is 2.66. The standard InChI is InChI=1S/C22H23FN4O/c1-15(2)11-12-24-22(28)17-6-4-8-19(14-17)25-21-10-9-20(26-27-21)16-5-3-7-18(23)13-16/h3-10,13-15H,11-12H2,1-2H3,(H,24,28)(H,25,27). The minimum atomic E-state index is -0.315. The SMILES string of the molecule is CC(C)CCNC(=O)c1cccc(Nc2ccc(-c3cccc(F)c3)nn2)c1. The van der Waals surface area contributed by atoms with Gasteiger partial charge in [0.15, 0.2) is 5.82 Å². The van der Waals surface area contributed by atoms with Gasteiger partial charge in [-0.15, -0.1) is 10.2 Å². The molecular weight excluding hydrogens is 355 g/mol. The number of aromatic nitrogens is 2. The van der Waals surface area contributed by atoms with Gasteiger partial charge in [0.2, 0.25) is 0 Å². The zero-order chi connectivity index (χ0) is 19.9. The van der Waals surface area contributed by atoms with Gasteiger partial charge in [0.05, 0.1) is 5.69 Å². The smallest absolute Gasteiger partial charge is 0.251 e. The van der Waals surface area contributed by atoms with Gasteiger partial charge >= 0.3 is 0 Å². The van der Waals surface area contributed by atoms with Crippen molar-refractivity contribution in [1.29, 1.82) is 0 Å². The van der Waals surface area contributed by atoms with Crippen LogP contribution in [0.4, 0.5) is 15.9 Å². The monoisotopic (exact) mass is 378 g/mol. The van der Waals surface area contributed by atoms with Crippen molar-refractivity contribution in [2.75, 3.05) is 11.9 Å². The Balaban J connectivity index is 1.66. The average Bonchev–Trinajstić information content (AvgIpc) is 2.68. The van der Waals surface area contributed by atoms with Crippen LogP contribution in [0.15, 0.2) is 60.7 Å². The molecule has 2 aromatic carbocycles. The third kappa shape index (κ3) is 5.36. The molecule has 5 nitrogen and oxygen atoms in total. The summed E-state index contributed by atoms with van der Waals surface area (Å²) in [4.78, 5) is 12.3. The van der Waals surface area contributed by atoms with Crippen LogP contribution < -0.4 is 10.6 Å². The molecule has 0 saturated heterocycles. The van der Waals surface area contributed by atoms with E-state index < -0.39 is 0 Å². The van der Waals surface area contributed by atoms with Crippen LogP contribution in [0.2, 0.25) is 0 Å². The molecule has 28 heavy (non-hydrogen) atoms. The lowest BCUT2D eigenvalue weighted by atomic mass is 10.1. The summed E-state index contributed by atoms with van der Waals surface area (Å²) in [6, 6.07) is 17.0. The van der Waals surface area contributed by atoms with Gasteiger partial charge in [0, 0.05) is 23.4 Å². The lowest BCUT2D eigenvalue weighted by Crippen LogP contribution is -2.25. The van der Waals surface area contributed by atoms with Crippen molar-refractivity contribution in [3.05, 3.63) is 72.0 Å². The Morgan fingerprint density at radius 3 is 2.57 bits per heavy atom. The molecule has 0 saturated carbocycles. The van der Waals surface area contributed by atoms with Crippen molar-refractivity contribution < 1.29 is 9.18 Å². The van der Waals surface area contributed by atoms with Gasteiger partial charge in [-0.2, -0.15) is 0 Å². The van der Waals surface area contributed by atoms with E-state index in [0.29, 0.717) is 35.1 Å². The lowest BCUT2D eigenvalue weighted by molar-refractivity contribution is 0.0952. The molecule has 0 radical (unpaired) electrons. The Labute approximate surface area is 164 Å². The van der Waals surface area contributed by atoms with Crippen LogP contribution >= 0.6 is 0 Å². The molecule has 0 atom stereocenters. The van der Waals surface area contributed by atoms with Crippen LogP contribution in [-0.4, -0.2) is 22.6 Å². The number of benzene rings is 2. The second kappa shape index (κ2) is 9.08. The van der Waals surface area contributed by atoms with E-state index in [1.165, 1.54) is 12.1 Å². The van der Waals surface area contributed by atoms with Gasteiger partial charge in [-0.3, -0.25) is 4.79 Å². The van der Waals surface area contributed by atoms with Gasteiger partial charge < -0.3 is 10.6 Å². The maximum atomic E-state index is 13.3. The van der Waals surface area contributed by atoms with E-state index in [4.69, 9.17) is 0 Å². The van der Waals surface area contributed by atoms with Gasteiger partial charge in [-0.25, -0.2) is 4.39 Å². The van der Waals surface area contributed by atoms with Crippen molar-refractivity contribution in [1.82, 2.24) is 15.5 Å². The van der Waals surface area contributed by atoms with Crippen molar-refractivity contribution in [3.63, 3.8) is 0 Å². The summed E-state index contributed by atoms with van der Waals surface area (Å²) in [5.41, 5.74) is 2.57. The predicted molar refractivity (Wildman–Crippen MR) is 109 cm³/mol. The minimum Gasteiger partial charge on any atom is -0.352 e. The first-order valence-electron chi connectivity index (χ1n) is 9.26. The van der Waals surface area contributed by atoms with Crippen LogP contribution in [0.25, 0.3) is 11.3 Å². The minimum absolute atomic E-state index is 0.100. The van der Waals surface area contributed by atoms with Crippen molar-refractivity contribution in [3.8, 4) is 11.3 Å². The molecule has 1 heterocycles. The highest BCUT2D eigenvalue weighted by Gasteiger charge is 2.07. The van der Waals surface area contributed by atoms with Crippen LogP contribution in [-0.2, 0) is 0 Å². The van der Waals surface area contributed by atoms with E-state index in [-0.39, 0.29) is 11.7 Å². The van der Waals surface area contributed by atoms with E-state index in [0.717, 1.165) is 12.1 Å². The van der Waals surface area contributed by atoms with Crippen molar-refractivity contribution in [2.45, 2.75) is 20.3 Å². The molecular formula is C22H23FN4O. The molecule has 144 valence electrons. The van der Waals surface area contributed by atoms with E-state index in [2.05, 4.69) is 34.7 Å². The van der Waals surface area contributed by atoms with E-state index in [9.17, 15) is 9.18 Å².